The van der Waals surface area contributed by atoms with E-state index < -0.39 is 10.0 Å². The molecule has 0 aliphatic rings. The third-order valence-electron chi connectivity index (χ3n) is 3.00. The van der Waals surface area contributed by atoms with Crippen LogP contribution in [0.3, 0.4) is 0 Å². The normalized spacial score (nSPS) is 12.2. The molecule has 0 aliphatic carbocycles. The summed E-state index contributed by atoms with van der Waals surface area (Å²) in [4.78, 5) is 2.70. The molecule has 1 aromatic heterocycles. The molecule has 22 heavy (non-hydrogen) atoms. The van der Waals surface area contributed by atoms with Gasteiger partial charge in [-0.15, -0.1) is 5.11 Å². The minimum atomic E-state index is -3.93. The minimum Gasteiger partial charge on any atom is -0.493 e. The highest BCUT2D eigenvalue weighted by atomic mass is 35.5. The summed E-state index contributed by atoms with van der Waals surface area (Å²) >= 11 is 5.90. The van der Waals surface area contributed by atoms with Gasteiger partial charge in [0, 0.05) is 10.4 Å². The standard InChI is InChI=1S/C14H10ClN3O3S/c15-9-6-7-12-11(8-9)13(14(19)16-12)17-18-22(20,21)10-4-2-1-3-5-10/h1-8,16,19H. The van der Waals surface area contributed by atoms with E-state index in [9.17, 15) is 13.5 Å². The van der Waals surface area contributed by atoms with Gasteiger partial charge in [0.05, 0.1) is 10.4 Å². The van der Waals surface area contributed by atoms with E-state index in [0.717, 1.165) is 0 Å². The molecule has 1 heterocycles. The molecule has 0 saturated heterocycles. The number of aromatic hydroxyl groups is 1. The molecule has 0 aliphatic heterocycles. The average Bonchev–Trinajstić information content (AvgIpc) is 2.81. The molecule has 3 rings (SSSR count). The summed E-state index contributed by atoms with van der Waals surface area (Å²) in [6.45, 7) is 0. The van der Waals surface area contributed by atoms with Gasteiger partial charge in [-0.3, -0.25) is 0 Å². The Kier molecular flexibility index (Phi) is 3.59. The maximum absolute atomic E-state index is 12.1. The average molecular weight is 336 g/mol. The Morgan fingerprint density at radius 3 is 2.55 bits per heavy atom. The van der Waals surface area contributed by atoms with Crippen LogP contribution in [0.15, 0.2) is 63.1 Å². The van der Waals surface area contributed by atoms with Crippen molar-refractivity contribution in [2.45, 2.75) is 4.90 Å². The number of aromatic nitrogens is 1. The predicted octanol–water partition coefficient (Wildman–Crippen LogP) is 4.00. The molecule has 0 bridgehead atoms. The van der Waals surface area contributed by atoms with Gasteiger partial charge in [-0.05, 0) is 30.3 Å². The van der Waals surface area contributed by atoms with Crippen molar-refractivity contribution in [2.24, 2.45) is 9.63 Å². The fourth-order valence-electron chi connectivity index (χ4n) is 1.97. The Labute approximate surface area is 131 Å². The summed E-state index contributed by atoms with van der Waals surface area (Å²) in [6.07, 6.45) is 0. The zero-order valence-corrected chi connectivity index (χ0v) is 12.6. The van der Waals surface area contributed by atoms with Crippen molar-refractivity contribution in [3.05, 3.63) is 53.6 Å². The van der Waals surface area contributed by atoms with Crippen LogP contribution in [0.2, 0.25) is 5.02 Å². The SMILES string of the molecule is O=S(=O)(N=Nc1c(O)[nH]c2ccc(Cl)cc12)c1ccccc1. The topological polar surface area (TPSA) is 94.9 Å². The van der Waals surface area contributed by atoms with Crippen molar-refractivity contribution in [1.82, 2.24) is 4.98 Å². The molecule has 0 saturated carbocycles. The van der Waals surface area contributed by atoms with Crippen LogP contribution < -0.4 is 0 Å². The maximum Gasteiger partial charge on any atom is 0.299 e. The van der Waals surface area contributed by atoms with Crippen LogP contribution in [0.1, 0.15) is 0 Å². The van der Waals surface area contributed by atoms with E-state index >= 15 is 0 Å². The van der Waals surface area contributed by atoms with Gasteiger partial charge in [0.2, 0.25) is 5.88 Å². The van der Waals surface area contributed by atoms with Crippen molar-refractivity contribution in [1.29, 1.82) is 0 Å². The van der Waals surface area contributed by atoms with Crippen molar-refractivity contribution in [2.75, 3.05) is 0 Å². The highest BCUT2D eigenvalue weighted by Crippen LogP contribution is 2.37. The van der Waals surface area contributed by atoms with Crippen LogP contribution in [0.25, 0.3) is 10.9 Å². The van der Waals surface area contributed by atoms with Gasteiger partial charge in [-0.2, -0.15) is 8.42 Å². The molecular weight excluding hydrogens is 326 g/mol. The maximum atomic E-state index is 12.1. The number of H-pyrrole nitrogens is 1. The van der Waals surface area contributed by atoms with Gasteiger partial charge in [0.1, 0.15) is 0 Å². The van der Waals surface area contributed by atoms with E-state index in [2.05, 4.69) is 14.6 Å². The number of benzene rings is 2. The first kappa shape index (κ1) is 14.6. The predicted molar refractivity (Wildman–Crippen MR) is 83.1 cm³/mol. The van der Waals surface area contributed by atoms with E-state index in [4.69, 9.17) is 11.6 Å². The Morgan fingerprint density at radius 1 is 1.09 bits per heavy atom. The Morgan fingerprint density at radius 2 is 1.82 bits per heavy atom. The van der Waals surface area contributed by atoms with Crippen LogP contribution in [0.4, 0.5) is 5.69 Å². The number of halogens is 1. The molecule has 0 fully saturated rings. The van der Waals surface area contributed by atoms with Crippen molar-refractivity contribution in [3.8, 4) is 5.88 Å². The van der Waals surface area contributed by atoms with Gasteiger partial charge < -0.3 is 10.1 Å². The number of fused-ring (bicyclic) bond motifs is 1. The molecular formula is C14H10ClN3O3S. The molecule has 2 aromatic carbocycles. The lowest BCUT2D eigenvalue weighted by Crippen LogP contribution is -1.94. The number of hydrogen-bond acceptors (Lipinski definition) is 4. The van der Waals surface area contributed by atoms with E-state index in [-0.39, 0.29) is 16.5 Å². The third kappa shape index (κ3) is 2.68. The summed E-state index contributed by atoms with van der Waals surface area (Å²) in [5.41, 5.74) is 0.602. The quantitative estimate of drug-likeness (QED) is 0.708. The molecule has 0 atom stereocenters. The van der Waals surface area contributed by atoms with Gasteiger partial charge in [-0.1, -0.05) is 34.3 Å². The highest BCUT2D eigenvalue weighted by Gasteiger charge is 2.15. The first-order valence-corrected chi connectivity index (χ1v) is 8.02. The molecule has 0 spiro atoms. The van der Waals surface area contributed by atoms with Crippen molar-refractivity contribution >= 4 is 38.2 Å². The summed E-state index contributed by atoms with van der Waals surface area (Å²) in [6, 6.07) is 12.6. The molecule has 8 heteroatoms. The van der Waals surface area contributed by atoms with Gasteiger partial charge in [-0.25, -0.2) is 0 Å². The molecule has 0 amide bonds. The Bertz CT molecular complexity index is 966. The van der Waals surface area contributed by atoms with Crippen LogP contribution in [0.5, 0.6) is 5.88 Å². The molecule has 112 valence electrons. The lowest BCUT2D eigenvalue weighted by atomic mass is 10.2. The van der Waals surface area contributed by atoms with Crippen molar-refractivity contribution in [3.63, 3.8) is 0 Å². The van der Waals surface area contributed by atoms with Crippen LogP contribution in [0, 0.1) is 0 Å². The van der Waals surface area contributed by atoms with E-state index in [1.165, 1.54) is 12.1 Å². The second-order valence-corrected chi connectivity index (χ2v) is 6.50. The smallest absolute Gasteiger partial charge is 0.299 e. The number of nitrogens with one attached hydrogen (secondary N) is 1. The van der Waals surface area contributed by atoms with E-state index in [1.54, 1.807) is 36.4 Å². The lowest BCUT2D eigenvalue weighted by Gasteiger charge is -1.96. The van der Waals surface area contributed by atoms with Gasteiger partial charge >= 0.3 is 0 Å². The van der Waals surface area contributed by atoms with E-state index in [1.807, 2.05) is 0 Å². The van der Waals surface area contributed by atoms with Crippen LogP contribution >= 0.6 is 11.6 Å². The fraction of sp³-hybridized carbons (Fsp3) is 0. The lowest BCUT2D eigenvalue weighted by molar-refractivity contribution is 0.459. The Balaban J connectivity index is 2.06. The van der Waals surface area contributed by atoms with Crippen molar-refractivity contribution < 1.29 is 13.5 Å². The summed E-state index contributed by atoms with van der Waals surface area (Å²) in [5.74, 6) is -0.274. The number of rotatable bonds is 3. The van der Waals surface area contributed by atoms with Crippen LogP contribution in [-0.2, 0) is 10.0 Å². The number of hydrogen-bond donors (Lipinski definition) is 2. The van der Waals surface area contributed by atoms with Gasteiger partial charge in [0.25, 0.3) is 10.0 Å². The Hall–Kier alpha value is -2.38. The molecule has 0 unspecified atom stereocenters. The minimum absolute atomic E-state index is 0.0242. The first-order valence-electron chi connectivity index (χ1n) is 6.20. The second kappa shape index (κ2) is 5.43. The number of aromatic amines is 1. The zero-order chi connectivity index (χ0) is 15.7. The molecule has 3 aromatic rings. The van der Waals surface area contributed by atoms with Crippen LogP contribution in [-0.4, -0.2) is 18.5 Å². The summed E-state index contributed by atoms with van der Waals surface area (Å²) in [5, 5.41) is 14.4. The summed E-state index contributed by atoms with van der Waals surface area (Å²) < 4.78 is 27.5. The van der Waals surface area contributed by atoms with Gasteiger partial charge in [0.15, 0.2) is 5.69 Å². The zero-order valence-electron chi connectivity index (χ0n) is 11.1. The third-order valence-corrected chi connectivity index (χ3v) is 4.40. The largest absolute Gasteiger partial charge is 0.493 e. The molecule has 2 N–H and O–H groups in total. The fourth-order valence-corrected chi connectivity index (χ4v) is 2.93. The second-order valence-electron chi connectivity index (χ2n) is 4.48. The molecule has 6 nitrogen and oxygen atoms in total. The number of sulfonamides is 1. The molecule has 0 radical (unpaired) electrons. The highest BCUT2D eigenvalue weighted by molar-refractivity contribution is 7.90. The monoisotopic (exact) mass is 335 g/mol. The number of nitrogens with zero attached hydrogens (tertiary/aromatic N) is 2. The summed E-state index contributed by atoms with van der Waals surface area (Å²) in [7, 11) is -3.93. The van der Waals surface area contributed by atoms with E-state index in [0.29, 0.717) is 15.9 Å². The first-order chi connectivity index (χ1) is 10.5.